The van der Waals surface area contributed by atoms with Crippen LogP contribution in [0.2, 0.25) is 0 Å². The normalized spacial score (nSPS) is 11.5. The predicted octanol–water partition coefficient (Wildman–Crippen LogP) is 1.26. The summed E-state index contributed by atoms with van der Waals surface area (Å²) in [6.45, 7) is 1.64. The molecule has 46 valence electrons. The molecule has 0 bridgehead atoms. The molecule has 2 nitrogen and oxygen atoms in total. The first-order chi connectivity index (χ1) is 3.72. The van der Waals surface area contributed by atoms with E-state index >= 15 is 0 Å². The van der Waals surface area contributed by atoms with E-state index in [0.717, 1.165) is 0 Å². The zero-order valence-electron chi connectivity index (χ0n) is 4.52. The van der Waals surface area contributed by atoms with E-state index in [9.17, 15) is 4.79 Å². The quantitative estimate of drug-likeness (QED) is 0.456. The van der Waals surface area contributed by atoms with Crippen molar-refractivity contribution in [1.82, 2.24) is 0 Å². The Morgan fingerprint density at radius 1 is 1.88 bits per heavy atom. The first-order valence-corrected chi connectivity index (χ1v) is 2.70. The van der Waals surface area contributed by atoms with Crippen LogP contribution in [0.1, 0.15) is 6.92 Å². The maximum atomic E-state index is 10.0. The second-order valence-corrected chi connectivity index (χ2v) is 1.52. The minimum atomic E-state index is -0.942. The summed E-state index contributed by atoms with van der Waals surface area (Å²) >= 11 is 5.21. The third kappa shape index (κ3) is 1.98. The summed E-state index contributed by atoms with van der Waals surface area (Å²) in [4.78, 5) is 10.0. The Morgan fingerprint density at radius 3 is 2.38 bits per heavy atom. The molecule has 0 heterocycles. The van der Waals surface area contributed by atoms with Gasteiger partial charge in [0.1, 0.15) is 0 Å². The van der Waals surface area contributed by atoms with Crippen LogP contribution in [-0.2, 0) is 4.79 Å². The topological polar surface area (TPSA) is 37.3 Å². The van der Waals surface area contributed by atoms with Gasteiger partial charge in [0.25, 0.3) is 0 Å². The van der Waals surface area contributed by atoms with Gasteiger partial charge in [0, 0.05) is 5.57 Å². The number of carboxylic acids is 1. The molecule has 0 unspecified atom stereocenters. The molecule has 0 aromatic rings. The molecule has 8 heavy (non-hydrogen) atoms. The smallest absolute Gasteiger partial charge is 0.332 e. The lowest BCUT2D eigenvalue weighted by Crippen LogP contribution is -2.00. The van der Waals surface area contributed by atoms with E-state index in [1.165, 1.54) is 6.08 Å². The van der Waals surface area contributed by atoms with Gasteiger partial charge in [-0.25, -0.2) is 4.79 Å². The van der Waals surface area contributed by atoms with Crippen LogP contribution in [0.25, 0.3) is 0 Å². The third-order valence-corrected chi connectivity index (χ3v) is 1.06. The van der Waals surface area contributed by atoms with Crippen molar-refractivity contribution in [1.29, 1.82) is 0 Å². The van der Waals surface area contributed by atoms with Gasteiger partial charge in [0.05, 0.1) is 5.88 Å². The molecular weight excluding hydrogens is 128 g/mol. The number of carboxylic acid groups (broad SMARTS) is 1. The fourth-order valence-electron chi connectivity index (χ4n) is 0.258. The van der Waals surface area contributed by atoms with Crippen LogP contribution in [-0.4, -0.2) is 17.0 Å². The number of hydrogen-bond donors (Lipinski definition) is 1. The Bertz CT molecular complexity index is 118. The van der Waals surface area contributed by atoms with Crippen LogP contribution in [0.15, 0.2) is 11.6 Å². The summed E-state index contributed by atoms with van der Waals surface area (Å²) in [7, 11) is 0. The van der Waals surface area contributed by atoms with Crippen LogP contribution in [0.4, 0.5) is 0 Å². The zero-order valence-corrected chi connectivity index (χ0v) is 5.27. The maximum absolute atomic E-state index is 10.0. The van der Waals surface area contributed by atoms with E-state index in [0.29, 0.717) is 0 Å². The molecule has 0 aliphatic rings. The average molecular weight is 135 g/mol. The lowest BCUT2D eigenvalue weighted by atomic mass is 10.3. The van der Waals surface area contributed by atoms with Crippen molar-refractivity contribution in [3.8, 4) is 0 Å². The van der Waals surface area contributed by atoms with Gasteiger partial charge >= 0.3 is 5.97 Å². The van der Waals surface area contributed by atoms with Crippen molar-refractivity contribution >= 4 is 17.6 Å². The molecule has 1 N–H and O–H groups in total. The van der Waals surface area contributed by atoms with Crippen molar-refractivity contribution in [2.75, 3.05) is 5.88 Å². The number of alkyl halides is 1. The summed E-state index contributed by atoms with van der Waals surface area (Å²) in [5, 5.41) is 8.22. The van der Waals surface area contributed by atoms with E-state index in [4.69, 9.17) is 16.7 Å². The van der Waals surface area contributed by atoms with Gasteiger partial charge in [-0.2, -0.15) is 0 Å². The molecule has 0 atom stereocenters. The predicted molar refractivity (Wildman–Crippen MR) is 32.1 cm³/mol. The van der Waals surface area contributed by atoms with E-state index in [1.807, 2.05) is 0 Å². The molecule has 0 aromatic carbocycles. The van der Waals surface area contributed by atoms with Crippen molar-refractivity contribution in [3.63, 3.8) is 0 Å². The van der Waals surface area contributed by atoms with Crippen molar-refractivity contribution in [2.45, 2.75) is 6.92 Å². The average Bonchev–Trinajstić information content (AvgIpc) is 1.69. The first-order valence-electron chi connectivity index (χ1n) is 2.16. The van der Waals surface area contributed by atoms with E-state index in [-0.39, 0.29) is 11.5 Å². The summed E-state index contributed by atoms with van der Waals surface area (Å²) in [5.41, 5.74) is 0.242. The van der Waals surface area contributed by atoms with Crippen molar-refractivity contribution < 1.29 is 9.90 Å². The second kappa shape index (κ2) is 3.50. The molecule has 0 amide bonds. The number of halogens is 1. The minimum absolute atomic E-state index is 0.0752. The highest BCUT2D eigenvalue weighted by Gasteiger charge is 2.00. The summed E-state index contributed by atoms with van der Waals surface area (Å²) in [6, 6.07) is 0. The monoisotopic (exact) mass is 134 g/mol. The van der Waals surface area contributed by atoms with Gasteiger partial charge in [-0.1, -0.05) is 6.08 Å². The molecule has 0 spiro atoms. The Balaban J connectivity index is 3.92. The van der Waals surface area contributed by atoms with Crippen LogP contribution < -0.4 is 0 Å². The number of rotatable bonds is 2. The zero-order chi connectivity index (χ0) is 6.57. The fraction of sp³-hybridized carbons (Fsp3) is 0.400. The Labute approximate surface area is 52.8 Å². The molecule has 3 heteroatoms. The highest BCUT2D eigenvalue weighted by molar-refractivity contribution is 6.22. The van der Waals surface area contributed by atoms with Crippen LogP contribution in [0.3, 0.4) is 0 Å². The van der Waals surface area contributed by atoms with Crippen LogP contribution >= 0.6 is 11.6 Å². The summed E-state index contributed by atoms with van der Waals surface area (Å²) in [5.74, 6) is -0.867. The van der Waals surface area contributed by atoms with E-state index in [2.05, 4.69) is 0 Å². The Hall–Kier alpha value is -0.500. The number of allylic oxidation sites excluding steroid dienone is 1. The first kappa shape index (κ1) is 7.50. The van der Waals surface area contributed by atoms with Crippen molar-refractivity contribution in [2.24, 2.45) is 0 Å². The van der Waals surface area contributed by atoms with E-state index in [1.54, 1.807) is 6.92 Å². The Kier molecular flexibility index (Phi) is 3.28. The molecule has 0 rings (SSSR count). The lowest BCUT2D eigenvalue weighted by molar-refractivity contribution is -0.132. The molecule has 0 saturated carbocycles. The molecule has 0 saturated heterocycles. The highest BCUT2D eigenvalue weighted by Crippen LogP contribution is 1.95. The van der Waals surface area contributed by atoms with Crippen molar-refractivity contribution in [3.05, 3.63) is 11.6 Å². The minimum Gasteiger partial charge on any atom is -0.478 e. The lowest BCUT2D eigenvalue weighted by Gasteiger charge is -1.89. The molecule has 0 radical (unpaired) electrons. The molecule has 0 aliphatic carbocycles. The van der Waals surface area contributed by atoms with Gasteiger partial charge in [-0.05, 0) is 6.92 Å². The number of carbonyl (C=O) groups is 1. The fourth-order valence-corrected chi connectivity index (χ4v) is 0.526. The standard InChI is InChI=1S/C5H7ClO2/c1-2-4(3-6)5(7)8/h2H,3H2,1H3,(H,7,8). The molecule has 0 aliphatic heterocycles. The van der Waals surface area contributed by atoms with Crippen LogP contribution in [0.5, 0.6) is 0 Å². The number of hydrogen-bond acceptors (Lipinski definition) is 1. The van der Waals surface area contributed by atoms with Gasteiger partial charge in [-0.3, -0.25) is 0 Å². The van der Waals surface area contributed by atoms with Gasteiger partial charge in [0.2, 0.25) is 0 Å². The maximum Gasteiger partial charge on any atom is 0.332 e. The van der Waals surface area contributed by atoms with Gasteiger partial charge in [0.15, 0.2) is 0 Å². The van der Waals surface area contributed by atoms with Gasteiger partial charge in [-0.15, -0.1) is 11.6 Å². The van der Waals surface area contributed by atoms with E-state index < -0.39 is 5.97 Å². The SMILES string of the molecule is CC=C(CCl)C(=O)O. The Morgan fingerprint density at radius 2 is 2.38 bits per heavy atom. The molecule has 0 fully saturated rings. The second-order valence-electron chi connectivity index (χ2n) is 1.25. The van der Waals surface area contributed by atoms with Gasteiger partial charge < -0.3 is 5.11 Å². The number of aliphatic carboxylic acids is 1. The largest absolute Gasteiger partial charge is 0.478 e. The third-order valence-electron chi connectivity index (χ3n) is 0.767. The molecular formula is C5H7ClO2. The van der Waals surface area contributed by atoms with Crippen LogP contribution in [0, 0.1) is 0 Å². The summed E-state index contributed by atoms with van der Waals surface area (Å²) in [6.07, 6.45) is 1.48. The summed E-state index contributed by atoms with van der Waals surface area (Å²) < 4.78 is 0. The molecule has 0 aromatic heterocycles. The highest BCUT2D eigenvalue weighted by atomic mass is 35.5.